The number of unbranched alkanes of at least 4 members (excludes halogenated alkanes) is 12. The van der Waals surface area contributed by atoms with E-state index < -0.39 is 62.3 Å². The molecule has 0 bridgehead atoms. The van der Waals surface area contributed by atoms with Gasteiger partial charge in [-0.1, -0.05) is 84.0 Å². The molecular formula is C31H50N5O10P. The van der Waals surface area contributed by atoms with E-state index >= 15 is 0 Å². The Balaban J connectivity index is 1.41. The fourth-order valence-corrected chi connectivity index (χ4v) is 6.35. The van der Waals surface area contributed by atoms with Gasteiger partial charge in [0.1, 0.15) is 30.9 Å². The first-order valence-corrected chi connectivity index (χ1v) is 18.3. The lowest BCUT2D eigenvalue weighted by Crippen LogP contribution is -2.36. The molecule has 16 heteroatoms. The summed E-state index contributed by atoms with van der Waals surface area (Å²) in [4.78, 5) is 47.0. The highest BCUT2D eigenvalue weighted by Gasteiger charge is 2.44. The quantitative estimate of drug-likeness (QED) is 0.0600. The van der Waals surface area contributed by atoms with Crippen LogP contribution in [0.3, 0.4) is 0 Å². The standard InChI is InChI=1S/C31H50N5O10P/c1-3-4-5-6-7-8-9-10-11-12-13-14-15-16-24(37)43-18-23(28-26(38)27(39)31(40)45-28)46-47(41,42)21-44-22(2)17-36-20-35-25-29(32)33-19-34-30(25)36/h19-20,22-23,28,38-39H,3-18,21H2,1-2H3,(H,41,42)(H2,32,33,34)/t22?,23?,28-/m0/s1. The van der Waals surface area contributed by atoms with Gasteiger partial charge in [0.2, 0.25) is 5.76 Å². The highest BCUT2D eigenvalue weighted by molar-refractivity contribution is 7.52. The van der Waals surface area contributed by atoms with Crippen LogP contribution in [-0.2, 0) is 39.4 Å². The molecule has 0 spiro atoms. The van der Waals surface area contributed by atoms with Crippen molar-refractivity contribution in [3.8, 4) is 0 Å². The molecule has 3 heterocycles. The lowest BCUT2D eigenvalue weighted by molar-refractivity contribution is -0.153. The largest absolute Gasteiger partial charge is 0.505 e. The van der Waals surface area contributed by atoms with Crippen LogP contribution >= 0.6 is 7.60 Å². The van der Waals surface area contributed by atoms with Crippen LogP contribution in [0.25, 0.3) is 11.2 Å². The molecule has 1 aliphatic heterocycles. The van der Waals surface area contributed by atoms with Crippen LogP contribution in [0.1, 0.15) is 104 Å². The van der Waals surface area contributed by atoms with Gasteiger partial charge in [0.25, 0.3) is 0 Å². The maximum atomic E-state index is 13.0. The van der Waals surface area contributed by atoms with Crippen molar-refractivity contribution in [1.29, 1.82) is 0 Å². The molecule has 0 aliphatic carbocycles. The highest BCUT2D eigenvalue weighted by atomic mass is 31.2. The normalized spacial score (nSPS) is 17.5. The second kappa shape index (κ2) is 19.5. The predicted molar refractivity (Wildman–Crippen MR) is 173 cm³/mol. The van der Waals surface area contributed by atoms with E-state index in [4.69, 9.17) is 24.5 Å². The minimum atomic E-state index is -4.57. The summed E-state index contributed by atoms with van der Waals surface area (Å²) in [6, 6.07) is 0. The van der Waals surface area contributed by atoms with Crippen molar-refractivity contribution in [2.45, 2.75) is 129 Å². The average Bonchev–Trinajstić information content (AvgIpc) is 3.56. The topological polar surface area (TPSA) is 218 Å². The molecule has 4 atom stereocenters. The minimum absolute atomic E-state index is 0.124. The third-order valence-corrected chi connectivity index (χ3v) is 8.95. The zero-order valence-corrected chi connectivity index (χ0v) is 28.3. The number of fused-ring (bicyclic) bond motifs is 1. The molecule has 3 rings (SSSR count). The van der Waals surface area contributed by atoms with Gasteiger partial charge in [0.05, 0.1) is 19.0 Å². The third kappa shape index (κ3) is 12.7. The van der Waals surface area contributed by atoms with Crippen LogP contribution < -0.4 is 5.73 Å². The minimum Gasteiger partial charge on any atom is -0.505 e. The van der Waals surface area contributed by atoms with Crippen molar-refractivity contribution in [1.82, 2.24) is 19.5 Å². The molecule has 15 nitrogen and oxygen atoms in total. The van der Waals surface area contributed by atoms with Gasteiger partial charge < -0.3 is 39.6 Å². The Morgan fingerprint density at radius 1 is 1.02 bits per heavy atom. The molecule has 0 radical (unpaired) electrons. The van der Waals surface area contributed by atoms with E-state index in [1.54, 1.807) is 11.5 Å². The van der Waals surface area contributed by atoms with E-state index in [1.165, 1.54) is 70.4 Å². The number of aromatic nitrogens is 4. The number of nitrogens with zero attached hydrogens (tertiary/aromatic N) is 4. The van der Waals surface area contributed by atoms with Crippen LogP contribution in [-0.4, -0.2) is 77.8 Å². The summed E-state index contributed by atoms with van der Waals surface area (Å²) in [7, 11) is -4.57. The number of carbonyl (C=O) groups excluding carboxylic acids is 2. The Bertz CT molecular complexity index is 1370. The number of aliphatic hydroxyl groups excluding tert-OH is 2. The van der Waals surface area contributed by atoms with Crippen molar-refractivity contribution < 1.29 is 48.0 Å². The molecule has 264 valence electrons. The molecule has 0 aromatic carbocycles. The summed E-state index contributed by atoms with van der Waals surface area (Å²) in [6.45, 7) is 3.46. The second-order valence-corrected chi connectivity index (χ2v) is 13.7. The summed E-state index contributed by atoms with van der Waals surface area (Å²) in [6.07, 6.45) is 13.4. The van der Waals surface area contributed by atoms with Crippen LogP contribution in [0.2, 0.25) is 0 Å². The number of esters is 2. The zero-order chi connectivity index (χ0) is 34.2. The Morgan fingerprint density at radius 2 is 1.64 bits per heavy atom. The van der Waals surface area contributed by atoms with Gasteiger partial charge in [-0.05, 0) is 13.3 Å². The Morgan fingerprint density at radius 3 is 2.23 bits per heavy atom. The maximum Gasteiger partial charge on any atom is 0.377 e. The highest BCUT2D eigenvalue weighted by Crippen LogP contribution is 2.45. The molecule has 2 aromatic rings. The van der Waals surface area contributed by atoms with Crippen molar-refractivity contribution in [2.75, 3.05) is 18.7 Å². The van der Waals surface area contributed by atoms with Crippen LogP contribution in [0.5, 0.6) is 0 Å². The number of aliphatic hydroxyl groups is 2. The first-order chi connectivity index (χ1) is 22.5. The first kappa shape index (κ1) is 38.2. The van der Waals surface area contributed by atoms with Crippen molar-refractivity contribution in [3.05, 3.63) is 24.2 Å². The summed E-state index contributed by atoms with van der Waals surface area (Å²) in [5.74, 6) is -3.56. The van der Waals surface area contributed by atoms with Gasteiger partial charge in [0.15, 0.2) is 23.3 Å². The number of carbonyl (C=O) groups is 2. The number of cyclic esters (lactones) is 1. The summed E-state index contributed by atoms with van der Waals surface area (Å²) in [5, 5.41) is 19.9. The van der Waals surface area contributed by atoms with Gasteiger partial charge >= 0.3 is 19.5 Å². The van der Waals surface area contributed by atoms with Crippen molar-refractivity contribution in [3.63, 3.8) is 0 Å². The smallest absolute Gasteiger partial charge is 0.377 e. The van der Waals surface area contributed by atoms with E-state index in [-0.39, 0.29) is 18.8 Å². The van der Waals surface area contributed by atoms with Crippen LogP contribution in [0.15, 0.2) is 24.2 Å². The number of hydrogen-bond acceptors (Lipinski definition) is 13. The SMILES string of the molecule is CCCCCCCCCCCCCCCC(=O)OCC(OP(=O)(O)COC(C)Cn1cnc2c(N)ncnc21)[C@@H]1OC(=O)C(O)=C1O. The van der Waals surface area contributed by atoms with E-state index in [0.717, 1.165) is 19.3 Å². The van der Waals surface area contributed by atoms with Crippen molar-refractivity contribution >= 4 is 36.5 Å². The number of nitrogen functional groups attached to an aromatic ring is 1. The molecule has 0 saturated heterocycles. The predicted octanol–water partition coefficient (Wildman–Crippen LogP) is 5.62. The van der Waals surface area contributed by atoms with E-state index in [1.807, 2.05) is 0 Å². The summed E-state index contributed by atoms with van der Waals surface area (Å²) >= 11 is 0. The average molecular weight is 684 g/mol. The number of nitrogens with two attached hydrogens (primary N) is 1. The second-order valence-electron chi connectivity index (χ2n) is 12.0. The molecule has 3 unspecified atom stereocenters. The van der Waals surface area contributed by atoms with E-state index in [2.05, 4.69) is 21.9 Å². The van der Waals surface area contributed by atoms with Gasteiger partial charge in [0, 0.05) is 6.42 Å². The van der Waals surface area contributed by atoms with Crippen LogP contribution in [0.4, 0.5) is 5.82 Å². The molecule has 5 N–H and O–H groups in total. The van der Waals surface area contributed by atoms with Gasteiger partial charge in [-0.15, -0.1) is 0 Å². The van der Waals surface area contributed by atoms with Gasteiger partial charge in [-0.25, -0.2) is 19.7 Å². The maximum absolute atomic E-state index is 13.0. The van der Waals surface area contributed by atoms with Gasteiger partial charge in [-0.2, -0.15) is 0 Å². The number of anilines is 1. The molecule has 47 heavy (non-hydrogen) atoms. The lowest BCUT2D eigenvalue weighted by Gasteiger charge is -2.25. The van der Waals surface area contributed by atoms with Gasteiger partial charge in [-0.3, -0.25) is 13.9 Å². The summed E-state index contributed by atoms with van der Waals surface area (Å²) in [5.41, 5.74) is 6.68. The Kier molecular flexibility index (Phi) is 15.9. The molecule has 0 amide bonds. The molecule has 1 aliphatic rings. The van der Waals surface area contributed by atoms with E-state index in [9.17, 15) is 29.3 Å². The van der Waals surface area contributed by atoms with Crippen LogP contribution in [0, 0.1) is 0 Å². The lowest BCUT2D eigenvalue weighted by atomic mass is 10.0. The Hall–Kier alpha value is -3.26. The molecule has 0 saturated carbocycles. The van der Waals surface area contributed by atoms with E-state index in [0.29, 0.717) is 17.6 Å². The third-order valence-electron chi connectivity index (χ3n) is 7.88. The molecular weight excluding hydrogens is 633 g/mol. The first-order valence-electron chi connectivity index (χ1n) is 16.5. The summed E-state index contributed by atoms with van der Waals surface area (Å²) < 4.78 is 35.7. The fraction of sp³-hybridized carbons (Fsp3) is 0.710. The van der Waals surface area contributed by atoms with Crippen molar-refractivity contribution in [2.24, 2.45) is 0 Å². The fourth-order valence-electron chi connectivity index (χ4n) is 5.25. The molecule has 0 fully saturated rings. The Labute approximate surface area is 275 Å². The number of ether oxygens (including phenoxy) is 3. The number of imidazole rings is 1. The number of hydrogen-bond donors (Lipinski definition) is 4. The zero-order valence-electron chi connectivity index (χ0n) is 27.4. The monoisotopic (exact) mass is 683 g/mol. The molecule has 2 aromatic heterocycles. The number of rotatable bonds is 24.